The van der Waals surface area contributed by atoms with Crippen molar-refractivity contribution in [3.8, 4) is 11.1 Å². The second kappa shape index (κ2) is 6.54. The zero-order valence-electron chi connectivity index (χ0n) is 13.3. The first-order valence-electron chi connectivity index (χ1n) is 7.59. The largest absolute Gasteiger partial charge is 0.465 e. The number of aromatic nitrogens is 3. The number of fused-ring (bicyclic) bond motifs is 1. The molecule has 0 unspecified atom stereocenters. The molecule has 24 heavy (non-hydrogen) atoms. The highest BCUT2D eigenvalue weighted by Crippen LogP contribution is 2.30. The van der Waals surface area contributed by atoms with Crippen molar-refractivity contribution in [2.24, 2.45) is 0 Å². The van der Waals surface area contributed by atoms with Gasteiger partial charge in [-0.15, -0.1) is 6.58 Å². The number of aromatic amines is 1. The van der Waals surface area contributed by atoms with Gasteiger partial charge in [-0.05, 0) is 24.5 Å². The predicted octanol–water partition coefficient (Wildman–Crippen LogP) is 3.43. The zero-order chi connectivity index (χ0) is 17.1. The zero-order valence-corrected chi connectivity index (χ0v) is 13.3. The molecule has 0 aliphatic carbocycles. The quantitative estimate of drug-likeness (QED) is 0.628. The van der Waals surface area contributed by atoms with Crippen LogP contribution >= 0.6 is 0 Å². The number of allylic oxidation sites excluding steroid dienone is 1. The number of hydrogen-bond acceptors (Lipinski definition) is 3. The third kappa shape index (κ3) is 3.12. The van der Waals surface area contributed by atoms with Gasteiger partial charge in [0, 0.05) is 11.8 Å². The van der Waals surface area contributed by atoms with Gasteiger partial charge in [0.25, 0.3) is 0 Å². The summed E-state index contributed by atoms with van der Waals surface area (Å²) >= 11 is 0. The van der Waals surface area contributed by atoms with Crippen LogP contribution in [0.4, 0.5) is 4.79 Å². The minimum Gasteiger partial charge on any atom is -0.465 e. The summed E-state index contributed by atoms with van der Waals surface area (Å²) in [4.78, 5) is 22.7. The number of carboxylic acid groups (broad SMARTS) is 1. The number of hydrogen-bond donors (Lipinski definition) is 3. The summed E-state index contributed by atoms with van der Waals surface area (Å²) in [5.74, 6) is 0. The molecule has 2 aromatic heterocycles. The van der Waals surface area contributed by atoms with Crippen LogP contribution in [-0.2, 0) is 13.0 Å². The van der Waals surface area contributed by atoms with Crippen molar-refractivity contribution in [1.82, 2.24) is 20.3 Å². The van der Waals surface area contributed by atoms with E-state index in [4.69, 9.17) is 5.11 Å². The van der Waals surface area contributed by atoms with Gasteiger partial charge in [-0.1, -0.05) is 29.8 Å². The summed E-state index contributed by atoms with van der Waals surface area (Å²) < 4.78 is 0. The number of H-pyrrole nitrogens is 1. The maximum atomic E-state index is 10.7. The summed E-state index contributed by atoms with van der Waals surface area (Å²) in [6.45, 7) is 5.99. The van der Waals surface area contributed by atoms with Gasteiger partial charge in [-0.3, -0.25) is 0 Å². The molecule has 0 bridgehead atoms. The lowest BCUT2D eigenvalue weighted by Crippen LogP contribution is -2.20. The van der Waals surface area contributed by atoms with Gasteiger partial charge in [-0.2, -0.15) is 0 Å². The number of aryl methyl sites for hydroxylation is 1. The second-order valence-electron chi connectivity index (χ2n) is 5.57. The number of carbonyl (C=O) groups is 1. The van der Waals surface area contributed by atoms with E-state index in [9.17, 15) is 4.79 Å². The number of benzene rings is 1. The summed E-state index contributed by atoms with van der Waals surface area (Å²) in [6.07, 6.45) is 5.00. The monoisotopic (exact) mass is 322 g/mol. The van der Waals surface area contributed by atoms with E-state index >= 15 is 0 Å². The molecule has 2 heterocycles. The Balaban J connectivity index is 2.09. The van der Waals surface area contributed by atoms with E-state index in [0.29, 0.717) is 11.3 Å². The minimum absolute atomic E-state index is 0.121. The fourth-order valence-corrected chi connectivity index (χ4v) is 2.66. The van der Waals surface area contributed by atoms with Crippen molar-refractivity contribution in [2.75, 3.05) is 0 Å². The Morgan fingerprint density at radius 2 is 2.25 bits per heavy atom. The van der Waals surface area contributed by atoms with Crippen LogP contribution in [0.5, 0.6) is 0 Å². The van der Waals surface area contributed by atoms with Crippen molar-refractivity contribution in [1.29, 1.82) is 0 Å². The molecular formula is C18H18N4O2. The van der Waals surface area contributed by atoms with Gasteiger partial charge in [0.1, 0.15) is 5.52 Å². The van der Waals surface area contributed by atoms with Crippen molar-refractivity contribution in [3.63, 3.8) is 0 Å². The highest BCUT2D eigenvalue weighted by atomic mass is 16.4. The van der Waals surface area contributed by atoms with Crippen LogP contribution in [0, 0.1) is 6.92 Å². The molecule has 0 fully saturated rings. The average molecular weight is 322 g/mol. The third-order valence-corrected chi connectivity index (χ3v) is 3.77. The first-order valence-corrected chi connectivity index (χ1v) is 7.59. The SMILES string of the molecule is C=CCc1ccc(C)cc1-c1c[nH]c2ncc(CNC(=O)O)nc12. The molecule has 0 aliphatic heterocycles. The normalized spacial score (nSPS) is 10.7. The van der Waals surface area contributed by atoms with Crippen LogP contribution in [0.2, 0.25) is 0 Å². The van der Waals surface area contributed by atoms with Gasteiger partial charge < -0.3 is 15.4 Å². The maximum Gasteiger partial charge on any atom is 0.404 e. The van der Waals surface area contributed by atoms with Gasteiger partial charge in [-0.25, -0.2) is 14.8 Å². The highest BCUT2D eigenvalue weighted by Gasteiger charge is 2.13. The topological polar surface area (TPSA) is 90.9 Å². The highest BCUT2D eigenvalue weighted by molar-refractivity contribution is 5.91. The van der Waals surface area contributed by atoms with E-state index in [2.05, 4.69) is 45.0 Å². The Kier molecular flexibility index (Phi) is 4.29. The van der Waals surface area contributed by atoms with Crippen LogP contribution in [0.3, 0.4) is 0 Å². The lowest BCUT2D eigenvalue weighted by Gasteiger charge is -2.08. The smallest absolute Gasteiger partial charge is 0.404 e. The number of nitrogens with one attached hydrogen (secondary N) is 2. The molecule has 0 aliphatic rings. The molecule has 0 atom stereocenters. The van der Waals surface area contributed by atoms with E-state index < -0.39 is 6.09 Å². The Hall–Kier alpha value is -3.15. The van der Waals surface area contributed by atoms with E-state index in [-0.39, 0.29) is 6.54 Å². The summed E-state index contributed by atoms with van der Waals surface area (Å²) in [7, 11) is 0. The molecule has 1 aromatic carbocycles. The molecule has 0 spiro atoms. The van der Waals surface area contributed by atoms with E-state index in [1.807, 2.05) is 19.2 Å². The summed E-state index contributed by atoms with van der Waals surface area (Å²) in [5.41, 5.74) is 6.33. The molecule has 3 aromatic rings. The molecule has 0 saturated carbocycles. The van der Waals surface area contributed by atoms with Gasteiger partial charge in [0.15, 0.2) is 5.65 Å². The number of nitrogens with zero attached hydrogens (tertiary/aromatic N) is 2. The van der Waals surface area contributed by atoms with Crippen molar-refractivity contribution in [3.05, 3.63) is 60.1 Å². The van der Waals surface area contributed by atoms with Crippen LogP contribution in [0.25, 0.3) is 22.3 Å². The van der Waals surface area contributed by atoms with E-state index in [1.165, 1.54) is 0 Å². The second-order valence-corrected chi connectivity index (χ2v) is 5.57. The lowest BCUT2D eigenvalue weighted by molar-refractivity contribution is 0.194. The van der Waals surface area contributed by atoms with Crippen molar-refractivity contribution in [2.45, 2.75) is 19.9 Å². The average Bonchev–Trinajstić information content (AvgIpc) is 2.98. The molecular weight excluding hydrogens is 304 g/mol. The first kappa shape index (κ1) is 15.7. The van der Waals surface area contributed by atoms with E-state index in [1.54, 1.807) is 6.20 Å². The Bertz CT molecular complexity index is 915. The maximum absolute atomic E-state index is 10.7. The molecule has 0 saturated heterocycles. The number of amides is 1. The van der Waals surface area contributed by atoms with Crippen molar-refractivity contribution < 1.29 is 9.90 Å². The van der Waals surface area contributed by atoms with Crippen LogP contribution in [0.1, 0.15) is 16.8 Å². The molecule has 122 valence electrons. The summed E-state index contributed by atoms with van der Waals surface area (Å²) in [5, 5.41) is 11.0. The molecule has 3 N–H and O–H groups in total. The van der Waals surface area contributed by atoms with Gasteiger partial charge in [0.2, 0.25) is 0 Å². The molecule has 1 amide bonds. The fourth-order valence-electron chi connectivity index (χ4n) is 2.66. The van der Waals surface area contributed by atoms with Crippen LogP contribution < -0.4 is 5.32 Å². The van der Waals surface area contributed by atoms with Gasteiger partial charge in [0.05, 0.1) is 18.4 Å². The molecule has 6 nitrogen and oxygen atoms in total. The Morgan fingerprint density at radius 3 is 3.00 bits per heavy atom. The number of rotatable bonds is 5. The minimum atomic E-state index is -1.09. The Morgan fingerprint density at radius 1 is 1.42 bits per heavy atom. The van der Waals surface area contributed by atoms with Gasteiger partial charge >= 0.3 is 6.09 Å². The fraction of sp³-hybridized carbons (Fsp3) is 0.167. The van der Waals surface area contributed by atoms with Crippen LogP contribution in [0.15, 0.2) is 43.2 Å². The molecule has 3 rings (SSSR count). The first-order chi connectivity index (χ1) is 11.6. The molecule has 0 radical (unpaired) electrons. The lowest BCUT2D eigenvalue weighted by atomic mass is 9.97. The predicted molar refractivity (Wildman–Crippen MR) is 92.8 cm³/mol. The standard InChI is InChI=1S/C18H18N4O2/c1-3-4-12-6-5-11(2)7-14(12)15-10-20-17-16(15)22-13(8-19-17)9-21-18(23)24/h3,5-8,10,21H,1,4,9H2,2H3,(H,19,20)(H,23,24). The van der Waals surface area contributed by atoms with Crippen LogP contribution in [-0.4, -0.2) is 26.2 Å². The van der Waals surface area contributed by atoms with Crippen molar-refractivity contribution >= 4 is 17.3 Å². The Labute approximate surface area is 139 Å². The molecule has 6 heteroatoms. The summed E-state index contributed by atoms with van der Waals surface area (Å²) in [6, 6.07) is 6.28. The third-order valence-electron chi connectivity index (χ3n) is 3.77. The van der Waals surface area contributed by atoms with E-state index in [0.717, 1.165) is 34.2 Å².